The van der Waals surface area contributed by atoms with Gasteiger partial charge in [0.15, 0.2) is 0 Å². The van der Waals surface area contributed by atoms with E-state index in [0.29, 0.717) is 48.9 Å². The van der Waals surface area contributed by atoms with Gasteiger partial charge in [-0.1, -0.05) is 30.7 Å². The molecule has 5 saturated heterocycles. The molecule has 3 N–H and O–H groups in total. The molecule has 0 radical (unpaired) electrons. The number of para-hydroxylation sites is 4. The van der Waals surface area contributed by atoms with E-state index in [9.17, 15) is 53.0 Å². The van der Waals surface area contributed by atoms with Crippen LogP contribution in [0.15, 0.2) is 48.5 Å². The number of esters is 4. The molecule has 2 amide bonds. The molecular weight excluding hydrogens is 838 g/mol. The van der Waals surface area contributed by atoms with Crippen LogP contribution in [0, 0.1) is 0 Å². The fourth-order valence-electron chi connectivity index (χ4n) is 7.85. The number of carbonyl (C=O) groups is 8. The number of hydrogen-bond acceptors (Lipinski definition) is 15. The lowest BCUT2D eigenvalue weighted by Gasteiger charge is -2.34. The highest BCUT2D eigenvalue weighted by Crippen LogP contribution is 2.32. The zero-order valence-electron chi connectivity index (χ0n) is 37.1. The average molecular weight is 899 g/mol. The lowest BCUT2D eigenvalue weighted by molar-refractivity contribution is -0.162. The third-order valence-electron chi connectivity index (χ3n) is 10.8. The van der Waals surface area contributed by atoms with Gasteiger partial charge in [0.25, 0.3) is 0 Å². The molecular formula is C44H60FN7O12. The Kier molecular flexibility index (Phi) is 20.1. The number of rotatable bonds is 12. The number of carboxylic acid groups (broad SMARTS) is 2. The first-order chi connectivity index (χ1) is 31.3. The molecule has 0 bridgehead atoms. The summed E-state index contributed by atoms with van der Waals surface area (Å²) in [5, 5.41) is 22.3. The van der Waals surface area contributed by atoms with Gasteiger partial charge in [-0.15, -0.1) is 0 Å². The van der Waals surface area contributed by atoms with Crippen LogP contribution in [0.4, 0.5) is 27.1 Å². The minimum atomic E-state index is -1.10. The predicted octanol–water partition coefficient (Wildman–Crippen LogP) is 2.31. The molecule has 0 aromatic heterocycles. The summed E-state index contributed by atoms with van der Waals surface area (Å²) in [4.78, 5) is 104. The van der Waals surface area contributed by atoms with Crippen molar-refractivity contribution in [2.24, 2.45) is 0 Å². The van der Waals surface area contributed by atoms with E-state index in [-0.39, 0.29) is 51.1 Å². The number of nitrogens with zero attached hydrogens (tertiary/aromatic N) is 6. The molecule has 2 aromatic carbocycles. The second kappa shape index (κ2) is 26.3. The van der Waals surface area contributed by atoms with Crippen LogP contribution in [0.5, 0.6) is 0 Å². The van der Waals surface area contributed by atoms with E-state index in [1.807, 2.05) is 0 Å². The maximum atomic E-state index is 12.9. The Morgan fingerprint density at radius 1 is 0.578 bits per heavy atom. The molecule has 5 aliphatic rings. The minimum absolute atomic E-state index is 0.0744. The number of ether oxygens (including phenoxy) is 2. The molecule has 5 fully saturated rings. The van der Waals surface area contributed by atoms with Crippen LogP contribution in [0.3, 0.4) is 0 Å². The summed E-state index contributed by atoms with van der Waals surface area (Å²) in [7, 11) is -1.00. The Morgan fingerprint density at radius 2 is 0.906 bits per heavy atom. The number of piperidine rings is 3. The van der Waals surface area contributed by atoms with Crippen LogP contribution >= 0.6 is 0 Å². The summed E-state index contributed by atoms with van der Waals surface area (Å²) < 4.78 is 24.5. The van der Waals surface area contributed by atoms with Crippen LogP contribution in [-0.4, -0.2) is 166 Å². The van der Waals surface area contributed by atoms with E-state index in [1.54, 1.807) is 68.1 Å². The summed E-state index contributed by atoms with van der Waals surface area (Å²) in [6.07, 6.45) is 10.0. The number of nitrogens with one attached hydrogen (secondary N) is 1. The maximum absolute atomic E-state index is 12.9. The van der Waals surface area contributed by atoms with Gasteiger partial charge in [-0.05, 0) is 88.7 Å². The van der Waals surface area contributed by atoms with Gasteiger partial charge in [-0.2, -0.15) is 0 Å². The zero-order chi connectivity index (χ0) is 47.1. The average Bonchev–Trinajstić information content (AvgIpc) is 3.29. The topological polar surface area (TPSA) is 227 Å². The molecule has 0 saturated carbocycles. The second-order valence-electron chi connectivity index (χ2n) is 15.6. The molecule has 20 heteroatoms. The first kappa shape index (κ1) is 48.7. The van der Waals surface area contributed by atoms with Crippen molar-refractivity contribution in [3.05, 3.63) is 48.5 Å². The van der Waals surface area contributed by atoms with E-state index in [0.717, 1.165) is 38.5 Å². The van der Waals surface area contributed by atoms with Crippen molar-refractivity contribution >= 4 is 70.4 Å². The fourth-order valence-corrected chi connectivity index (χ4v) is 7.85. The van der Waals surface area contributed by atoms with Gasteiger partial charge in [0, 0.05) is 26.2 Å². The van der Waals surface area contributed by atoms with Crippen LogP contribution in [0.25, 0.3) is 0 Å². The number of likely N-dealkylation sites (tertiary alicyclic amines) is 2. The SMILES string of the molecule is C1CCNCC1.O=C(O)CN(CC(=O)N1CCCCC1)c1ccccc1N(CC(=O)O)CC(=O)N1CCCCC1.O=C1CN(c2ccccc2N2CC(=O)OC(=O)C2)CC(=O)O1.[2H]CF. The van der Waals surface area contributed by atoms with Crippen LogP contribution < -0.4 is 24.9 Å². The molecule has 0 aliphatic carbocycles. The standard InChI is InChI=1S/C24H34N4O6.C14H12N2O6.C5H11N.CH3F/c29-21(25-11-5-1-6-12-25)15-27(17-23(31)32)19-9-3-4-10-20(19)28(18-24(33)34)16-22(30)26-13-7-2-8-14-26;17-11-5-15(6-12(18)21-11)9-3-1-2-4-10(9)16-7-13(19)22-14(20)8-16;1-2-4-6-5-3-1;1-2/h3-4,9-10H,1-2,5-8,11-18H2,(H,31,32)(H,33,34);1-4H,5-8H2;6H,1-5H2;1H3/i;;;1D. The number of carboxylic acids is 2. The number of aliphatic carboxylic acids is 2. The van der Waals surface area contributed by atoms with E-state index in [2.05, 4.69) is 14.8 Å². The summed E-state index contributed by atoms with van der Waals surface area (Å²) >= 11 is 0. The number of alkyl halides is 1. The molecule has 0 unspecified atom stereocenters. The highest BCUT2D eigenvalue weighted by Gasteiger charge is 2.31. The molecule has 0 atom stereocenters. The molecule has 2 aromatic rings. The number of carbonyl (C=O) groups excluding carboxylic acids is 6. The second-order valence-corrected chi connectivity index (χ2v) is 15.6. The van der Waals surface area contributed by atoms with Gasteiger partial charge in [0.2, 0.25) is 11.8 Å². The molecule has 7 rings (SSSR count). The van der Waals surface area contributed by atoms with Crippen LogP contribution in [0.2, 0.25) is 0 Å². The normalized spacial score (nSPS) is 17.7. The summed E-state index contributed by atoms with van der Waals surface area (Å²) in [5.41, 5.74) is 2.00. The summed E-state index contributed by atoms with van der Waals surface area (Å²) in [6.45, 7) is 3.69. The predicted molar refractivity (Wildman–Crippen MR) is 234 cm³/mol. The number of anilines is 4. The quantitative estimate of drug-likeness (QED) is 0.205. The Labute approximate surface area is 373 Å². The molecule has 350 valence electrons. The van der Waals surface area contributed by atoms with Crippen molar-refractivity contribution in [3.63, 3.8) is 0 Å². The van der Waals surface area contributed by atoms with E-state index < -0.39 is 56.1 Å². The highest BCUT2D eigenvalue weighted by atomic mass is 19.1. The van der Waals surface area contributed by atoms with Crippen molar-refractivity contribution in [3.8, 4) is 0 Å². The third-order valence-corrected chi connectivity index (χ3v) is 10.8. The number of hydrogen-bond donors (Lipinski definition) is 3. The largest absolute Gasteiger partial charge is 0.480 e. The zero-order valence-corrected chi connectivity index (χ0v) is 36.1. The lowest BCUT2D eigenvalue weighted by atomic mass is 10.1. The molecule has 64 heavy (non-hydrogen) atoms. The maximum Gasteiger partial charge on any atom is 0.333 e. The Hall–Kier alpha value is -6.31. The fraction of sp³-hybridized carbons (Fsp3) is 0.545. The monoisotopic (exact) mass is 898 g/mol. The highest BCUT2D eigenvalue weighted by molar-refractivity contribution is 5.98. The lowest BCUT2D eigenvalue weighted by Crippen LogP contribution is -2.46. The molecule has 5 heterocycles. The van der Waals surface area contributed by atoms with Gasteiger partial charge >= 0.3 is 35.8 Å². The van der Waals surface area contributed by atoms with Crippen LogP contribution in [-0.2, 0) is 47.8 Å². The minimum Gasteiger partial charge on any atom is -0.480 e. The number of morpholine rings is 2. The summed E-state index contributed by atoms with van der Waals surface area (Å²) in [5.74, 6) is -5.08. The summed E-state index contributed by atoms with van der Waals surface area (Å²) in [6, 6.07) is 13.7. The van der Waals surface area contributed by atoms with Gasteiger partial charge in [-0.3, -0.25) is 23.6 Å². The first-order valence-electron chi connectivity index (χ1n) is 22.2. The molecule has 0 spiro atoms. The van der Waals surface area contributed by atoms with Crippen molar-refractivity contribution < 1.29 is 63.8 Å². The van der Waals surface area contributed by atoms with E-state index >= 15 is 0 Å². The van der Waals surface area contributed by atoms with E-state index in [1.165, 1.54) is 42.2 Å². The van der Waals surface area contributed by atoms with Crippen molar-refractivity contribution in [2.45, 2.75) is 57.8 Å². The molecule has 5 aliphatic heterocycles. The van der Waals surface area contributed by atoms with Gasteiger partial charge < -0.3 is 54.4 Å². The number of halogens is 1. The van der Waals surface area contributed by atoms with Crippen molar-refractivity contribution in [2.75, 3.05) is 118 Å². The molecule has 19 nitrogen and oxygen atoms in total. The van der Waals surface area contributed by atoms with Gasteiger partial charge in [0.1, 0.15) is 39.3 Å². The van der Waals surface area contributed by atoms with Crippen molar-refractivity contribution in [1.29, 1.82) is 0 Å². The smallest absolute Gasteiger partial charge is 0.333 e. The van der Waals surface area contributed by atoms with Gasteiger partial charge in [-0.25, -0.2) is 19.2 Å². The van der Waals surface area contributed by atoms with E-state index in [4.69, 9.17) is 1.37 Å². The Bertz CT molecular complexity index is 1770. The van der Waals surface area contributed by atoms with Gasteiger partial charge in [0.05, 0.1) is 44.4 Å². The number of benzene rings is 2. The Balaban J connectivity index is 0.000000252. The number of cyclic esters (lactones) is 4. The first-order valence-corrected chi connectivity index (χ1v) is 21.5. The van der Waals surface area contributed by atoms with Crippen molar-refractivity contribution in [1.82, 2.24) is 15.1 Å². The number of amides is 2. The van der Waals surface area contributed by atoms with Crippen LogP contribution in [0.1, 0.15) is 59.2 Å². The Morgan fingerprint density at radius 3 is 1.20 bits per heavy atom. The third kappa shape index (κ3) is 16.1.